The van der Waals surface area contributed by atoms with Gasteiger partial charge in [0.1, 0.15) is 5.75 Å². The molecule has 0 aromatic heterocycles. The van der Waals surface area contributed by atoms with Crippen LogP contribution >= 0.6 is 0 Å². The van der Waals surface area contributed by atoms with Crippen LogP contribution < -0.4 is 15.5 Å². The fourth-order valence-electron chi connectivity index (χ4n) is 1.89. The van der Waals surface area contributed by atoms with Gasteiger partial charge in [-0.25, -0.2) is 5.43 Å². The molecule has 2 N–H and O–H groups in total. The third-order valence-electron chi connectivity index (χ3n) is 3.10. The van der Waals surface area contributed by atoms with Crippen LogP contribution in [0.5, 0.6) is 5.75 Å². The van der Waals surface area contributed by atoms with Crippen LogP contribution in [0.15, 0.2) is 53.6 Å². The maximum atomic E-state index is 11.7. The van der Waals surface area contributed by atoms with E-state index in [1.54, 1.807) is 6.21 Å². The number of nitrogens with zero attached hydrogens (tertiary/aromatic N) is 1. The fraction of sp³-hybridized carbons (Fsp3) is 0.222. The van der Waals surface area contributed by atoms with Crippen molar-refractivity contribution in [1.82, 2.24) is 5.43 Å². The van der Waals surface area contributed by atoms with Crippen molar-refractivity contribution in [3.8, 4) is 5.75 Å². The number of benzene rings is 2. The second-order valence-electron chi connectivity index (χ2n) is 5.01. The van der Waals surface area contributed by atoms with E-state index in [-0.39, 0.29) is 12.5 Å². The van der Waals surface area contributed by atoms with Crippen LogP contribution in [0.1, 0.15) is 18.1 Å². The molecule has 0 aliphatic rings. The highest BCUT2D eigenvalue weighted by atomic mass is 16.5. The molecule has 0 fully saturated rings. The molecule has 0 unspecified atom stereocenters. The van der Waals surface area contributed by atoms with Gasteiger partial charge in [-0.1, -0.05) is 17.7 Å². The number of anilines is 1. The maximum Gasteiger partial charge on any atom is 0.259 e. The summed E-state index contributed by atoms with van der Waals surface area (Å²) in [5.74, 6) is 0.615. The quantitative estimate of drug-likeness (QED) is 0.610. The molecule has 0 saturated heterocycles. The van der Waals surface area contributed by atoms with Gasteiger partial charge in [0, 0.05) is 5.69 Å². The number of hydrogen-bond acceptors (Lipinski definition) is 4. The number of hydrogen-bond donors (Lipinski definition) is 2. The van der Waals surface area contributed by atoms with Crippen LogP contribution in [0.25, 0.3) is 0 Å². The first kappa shape index (κ1) is 16.5. The van der Waals surface area contributed by atoms with Gasteiger partial charge < -0.3 is 10.1 Å². The van der Waals surface area contributed by atoms with E-state index in [2.05, 4.69) is 15.8 Å². The van der Waals surface area contributed by atoms with E-state index in [1.165, 1.54) is 5.56 Å². The molecule has 2 aromatic rings. The van der Waals surface area contributed by atoms with Gasteiger partial charge in [-0.15, -0.1) is 0 Å². The Bertz CT molecular complexity index is 649. The van der Waals surface area contributed by atoms with Gasteiger partial charge in [-0.3, -0.25) is 4.79 Å². The number of carbonyl (C=O) groups is 1. The topological polar surface area (TPSA) is 62.7 Å². The lowest BCUT2D eigenvalue weighted by molar-refractivity contribution is -0.119. The van der Waals surface area contributed by atoms with E-state index in [9.17, 15) is 4.79 Å². The standard InChI is InChI=1S/C18H21N3O2/c1-3-23-17-10-6-15(7-11-17)12-20-21-18(22)13-19-16-8-4-14(2)5-9-16/h4-12,19H,3,13H2,1-2H3,(H,21,22)/b20-12+. The lowest BCUT2D eigenvalue weighted by Gasteiger charge is -2.05. The van der Waals surface area contributed by atoms with Crippen molar-refractivity contribution >= 4 is 17.8 Å². The van der Waals surface area contributed by atoms with E-state index in [4.69, 9.17) is 4.74 Å². The summed E-state index contributed by atoms with van der Waals surface area (Å²) in [5.41, 5.74) is 5.46. The monoisotopic (exact) mass is 311 g/mol. The first-order valence-electron chi connectivity index (χ1n) is 7.52. The Kier molecular flexibility index (Phi) is 6.17. The van der Waals surface area contributed by atoms with Crippen molar-refractivity contribution in [2.45, 2.75) is 13.8 Å². The van der Waals surface area contributed by atoms with Gasteiger partial charge in [0.15, 0.2) is 0 Å². The summed E-state index contributed by atoms with van der Waals surface area (Å²) in [6, 6.07) is 15.3. The fourth-order valence-corrected chi connectivity index (χ4v) is 1.89. The molecule has 5 heteroatoms. The minimum absolute atomic E-state index is 0.170. The van der Waals surface area contributed by atoms with Crippen molar-refractivity contribution in [2.75, 3.05) is 18.5 Å². The lowest BCUT2D eigenvalue weighted by atomic mass is 10.2. The third-order valence-corrected chi connectivity index (χ3v) is 3.10. The van der Waals surface area contributed by atoms with E-state index < -0.39 is 0 Å². The van der Waals surface area contributed by atoms with E-state index in [0.717, 1.165) is 17.0 Å². The summed E-state index contributed by atoms with van der Waals surface area (Å²) in [6.07, 6.45) is 1.60. The molecule has 5 nitrogen and oxygen atoms in total. The Labute approximate surface area is 136 Å². The summed E-state index contributed by atoms with van der Waals surface area (Å²) in [6.45, 7) is 4.77. The predicted octanol–water partition coefficient (Wildman–Crippen LogP) is 2.96. The van der Waals surface area contributed by atoms with Gasteiger partial charge in [0.05, 0.1) is 19.4 Å². The highest BCUT2D eigenvalue weighted by Crippen LogP contribution is 2.10. The zero-order chi connectivity index (χ0) is 16.5. The van der Waals surface area contributed by atoms with Crippen molar-refractivity contribution < 1.29 is 9.53 Å². The van der Waals surface area contributed by atoms with Gasteiger partial charge >= 0.3 is 0 Å². The molecule has 0 aliphatic carbocycles. The molecule has 0 radical (unpaired) electrons. The second-order valence-corrected chi connectivity index (χ2v) is 5.01. The van der Waals surface area contributed by atoms with Crippen molar-refractivity contribution in [3.05, 3.63) is 59.7 Å². The number of ether oxygens (including phenoxy) is 1. The number of aryl methyl sites for hydroxylation is 1. The molecule has 0 atom stereocenters. The van der Waals surface area contributed by atoms with Crippen LogP contribution in [0.3, 0.4) is 0 Å². The van der Waals surface area contributed by atoms with Crippen molar-refractivity contribution in [1.29, 1.82) is 0 Å². The summed E-state index contributed by atoms with van der Waals surface area (Å²) in [5, 5.41) is 6.98. The average molecular weight is 311 g/mol. The summed E-state index contributed by atoms with van der Waals surface area (Å²) >= 11 is 0. The maximum absolute atomic E-state index is 11.7. The number of nitrogens with one attached hydrogen (secondary N) is 2. The van der Waals surface area contributed by atoms with Crippen LogP contribution in [0.4, 0.5) is 5.69 Å². The van der Waals surface area contributed by atoms with Crippen LogP contribution in [-0.4, -0.2) is 25.3 Å². The molecular weight excluding hydrogens is 290 g/mol. The van der Waals surface area contributed by atoms with Gasteiger partial charge in [0.25, 0.3) is 5.91 Å². The molecule has 0 spiro atoms. The van der Waals surface area contributed by atoms with Crippen molar-refractivity contribution in [3.63, 3.8) is 0 Å². The molecule has 23 heavy (non-hydrogen) atoms. The Hall–Kier alpha value is -2.82. The minimum atomic E-state index is -0.201. The molecular formula is C18H21N3O2. The van der Waals surface area contributed by atoms with Gasteiger partial charge in [0.2, 0.25) is 0 Å². The molecule has 0 heterocycles. The lowest BCUT2D eigenvalue weighted by Crippen LogP contribution is -2.25. The smallest absolute Gasteiger partial charge is 0.259 e. The van der Waals surface area contributed by atoms with Crippen LogP contribution in [0.2, 0.25) is 0 Å². The van der Waals surface area contributed by atoms with Crippen LogP contribution in [0, 0.1) is 6.92 Å². The first-order valence-corrected chi connectivity index (χ1v) is 7.52. The van der Waals surface area contributed by atoms with E-state index in [1.807, 2.05) is 62.4 Å². The number of hydrazone groups is 1. The van der Waals surface area contributed by atoms with E-state index in [0.29, 0.717) is 6.61 Å². The molecule has 2 rings (SSSR count). The zero-order valence-corrected chi connectivity index (χ0v) is 13.4. The summed E-state index contributed by atoms with van der Waals surface area (Å²) in [4.78, 5) is 11.7. The Balaban J connectivity index is 1.75. The molecule has 2 aromatic carbocycles. The van der Waals surface area contributed by atoms with Crippen LogP contribution in [-0.2, 0) is 4.79 Å². The summed E-state index contributed by atoms with van der Waals surface area (Å²) in [7, 11) is 0. The predicted molar refractivity (Wildman–Crippen MR) is 93.0 cm³/mol. The van der Waals surface area contributed by atoms with Gasteiger partial charge in [-0.2, -0.15) is 5.10 Å². The molecule has 1 amide bonds. The zero-order valence-electron chi connectivity index (χ0n) is 13.4. The number of carbonyl (C=O) groups excluding carboxylic acids is 1. The van der Waals surface area contributed by atoms with E-state index >= 15 is 0 Å². The molecule has 0 aliphatic heterocycles. The van der Waals surface area contributed by atoms with Gasteiger partial charge in [-0.05, 0) is 55.8 Å². The summed E-state index contributed by atoms with van der Waals surface area (Å²) < 4.78 is 5.36. The number of rotatable bonds is 7. The SMILES string of the molecule is CCOc1ccc(/C=N/NC(=O)CNc2ccc(C)cc2)cc1. The Morgan fingerprint density at radius 1 is 1.13 bits per heavy atom. The van der Waals surface area contributed by atoms with Crippen molar-refractivity contribution in [2.24, 2.45) is 5.10 Å². The molecule has 0 bridgehead atoms. The largest absolute Gasteiger partial charge is 0.494 e. The number of amides is 1. The third kappa shape index (κ3) is 5.82. The highest BCUT2D eigenvalue weighted by molar-refractivity contribution is 5.84. The minimum Gasteiger partial charge on any atom is -0.494 e. The average Bonchev–Trinajstić information content (AvgIpc) is 2.56. The first-order chi connectivity index (χ1) is 11.2. The normalized spacial score (nSPS) is 10.5. The Morgan fingerprint density at radius 3 is 2.48 bits per heavy atom. The second kappa shape index (κ2) is 8.58. The molecule has 0 saturated carbocycles. The molecule has 120 valence electrons. The highest BCUT2D eigenvalue weighted by Gasteiger charge is 1.99. The Morgan fingerprint density at radius 2 is 1.83 bits per heavy atom.